The molecule has 1 amide bonds. The molecule has 4 rings (SSSR count). The highest BCUT2D eigenvalue weighted by atomic mass is 32.2. The molecule has 0 aliphatic heterocycles. The van der Waals surface area contributed by atoms with Gasteiger partial charge in [0.2, 0.25) is 5.91 Å². The number of pyridine rings is 1. The molecule has 0 spiro atoms. The SMILES string of the molecule is CCOc1ccccc1NC(=O)C(C)Sc1nnc2cc(C)c3ccccc3n12. The number of fused-ring (bicyclic) bond motifs is 3. The minimum atomic E-state index is -0.364. The molecule has 0 fully saturated rings. The first-order chi connectivity index (χ1) is 14.1. The van der Waals surface area contributed by atoms with E-state index in [9.17, 15) is 4.79 Å². The molecule has 148 valence electrons. The molecule has 0 radical (unpaired) electrons. The molecular weight excluding hydrogens is 384 g/mol. The summed E-state index contributed by atoms with van der Waals surface area (Å²) in [6.45, 7) is 6.38. The fraction of sp³-hybridized carbons (Fsp3) is 0.227. The van der Waals surface area contributed by atoms with Gasteiger partial charge in [-0.25, -0.2) is 0 Å². The first kappa shape index (κ1) is 19.3. The van der Waals surface area contributed by atoms with Crippen LogP contribution in [0, 0.1) is 6.92 Å². The number of benzene rings is 2. The monoisotopic (exact) mass is 406 g/mol. The first-order valence-corrected chi connectivity index (χ1v) is 10.4. The number of nitrogens with zero attached hydrogens (tertiary/aromatic N) is 3. The van der Waals surface area contributed by atoms with Crippen LogP contribution in [0.15, 0.2) is 59.8 Å². The molecule has 6 nitrogen and oxygen atoms in total. The second-order valence-electron chi connectivity index (χ2n) is 6.70. The van der Waals surface area contributed by atoms with E-state index < -0.39 is 0 Å². The number of carbonyl (C=O) groups excluding carboxylic acids is 1. The maximum Gasteiger partial charge on any atom is 0.237 e. The van der Waals surface area contributed by atoms with Gasteiger partial charge in [0, 0.05) is 5.39 Å². The smallest absolute Gasteiger partial charge is 0.237 e. The zero-order valence-electron chi connectivity index (χ0n) is 16.5. The maximum absolute atomic E-state index is 12.8. The molecule has 29 heavy (non-hydrogen) atoms. The molecule has 1 atom stereocenters. The number of anilines is 1. The Kier molecular flexibility index (Phi) is 5.40. The van der Waals surface area contributed by atoms with Crippen molar-refractivity contribution in [3.05, 3.63) is 60.2 Å². The quantitative estimate of drug-likeness (QED) is 0.470. The summed E-state index contributed by atoms with van der Waals surface area (Å²) in [6, 6.07) is 17.6. The number of rotatable bonds is 6. The lowest BCUT2D eigenvalue weighted by atomic mass is 10.1. The molecule has 1 unspecified atom stereocenters. The summed E-state index contributed by atoms with van der Waals surface area (Å²) < 4.78 is 7.60. The number of hydrogen-bond acceptors (Lipinski definition) is 5. The number of aryl methyl sites for hydroxylation is 1. The molecule has 0 saturated heterocycles. The van der Waals surface area contributed by atoms with Crippen LogP contribution >= 0.6 is 11.8 Å². The van der Waals surface area contributed by atoms with Crippen molar-refractivity contribution in [2.45, 2.75) is 31.2 Å². The first-order valence-electron chi connectivity index (χ1n) is 9.51. The third-order valence-electron chi connectivity index (χ3n) is 4.67. The molecule has 1 N–H and O–H groups in total. The number of ether oxygens (including phenoxy) is 1. The van der Waals surface area contributed by atoms with E-state index in [2.05, 4.69) is 28.5 Å². The molecule has 2 aromatic carbocycles. The van der Waals surface area contributed by atoms with Gasteiger partial charge in [-0.05, 0) is 50.6 Å². The molecule has 2 heterocycles. The summed E-state index contributed by atoms with van der Waals surface area (Å²) in [5.74, 6) is 0.547. The Hall–Kier alpha value is -3.06. The third kappa shape index (κ3) is 3.78. The summed E-state index contributed by atoms with van der Waals surface area (Å²) >= 11 is 1.38. The van der Waals surface area contributed by atoms with Crippen LogP contribution in [0.5, 0.6) is 5.75 Å². The van der Waals surface area contributed by atoms with E-state index in [1.54, 1.807) is 0 Å². The van der Waals surface area contributed by atoms with Crippen LogP contribution in [-0.4, -0.2) is 32.4 Å². The van der Waals surface area contributed by atoms with Crippen LogP contribution in [-0.2, 0) is 4.79 Å². The van der Waals surface area contributed by atoms with Crippen molar-refractivity contribution in [2.75, 3.05) is 11.9 Å². The Morgan fingerprint density at radius 1 is 1.17 bits per heavy atom. The van der Waals surface area contributed by atoms with E-state index in [0.29, 0.717) is 23.2 Å². The van der Waals surface area contributed by atoms with Crippen molar-refractivity contribution in [2.24, 2.45) is 0 Å². The number of amides is 1. The highest BCUT2D eigenvalue weighted by Crippen LogP contribution is 2.29. The van der Waals surface area contributed by atoms with Crippen LogP contribution in [0.4, 0.5) is 5.69 Å². The van der Waals surface area contributed by atoms with Crippen LogP contribution in [0.25, 0.3) is 16.6 Å². The zero-order chi connectivity index (χ0) is 20.4. The molecular formula is C22H22N4O2S. The Morgan fingerprint density at radius 3 is 2.76 bits per heavy atom. The average Bonchev–Trinajstić information content (AvgIpc) is 3.12. The lowest BCUT2D eigenvalue weighted by Crippen LogP contribution is -2.23. The molecule has 0 aliphatic carbocycles. The van der Waals surface area contributed by atoms with E-state index >= 15 is 0 Å². The van der Waals surface area contributed by atoms with Gasteiger partial charge in [-0.3, -0.25) is 9.20 Å². The molecule has 0 bridgehead atoms. The van der Waals surface area contributed by atoms with Crippen molar-refractivity contribution in [1.82, 2.24) is 14.6 Å². The standard InChI is InChI=1S/C22H22N4O2S/c1-4-28-19-12-8-6-10-17(19)23-21(27)15(3)29-22-25-24-20-13-14(2)16-9-5-7-11-18(16)26(20)22/h5-13,15H,4H2,1-3H3,(H,23,27). The summed E-state index contributed by atoms with van der Waals surface area (Å²) in [5.41, 5.74) is 3.62. The summed E-state index contributed by atoms with van der Waals surface area (Å²) in [4.78, 5) is 12.8. The van der Waals surface area contributed by atoms with Gasteiger partial charge in [0.15, 0.2) is 10.8 Å². The fourth-order valence-corrected chi connectivity index (χ4v) is 4.12. The summed E-state index contributed by atoms with van der Waals surface area (Å²) in [5, 5.41) is 13.1. The number of thioether (sulfide) groups is 1. The summed E-state index contributed by atoms with van der Waals surface area (Å²) in [6.07, 6.45) is 0. The highest BCUT2D eigenvalue weighted by molar-refractivity contribution is 8.00. The molecule has 0 saturated carbocycles. The minimum absolute atomic E-state index is 0.115. The van der Waals surface area contributed by atoms with E-state index in [-0.39, 0.29) is 11.2 Å². The molecule has 7 heteroatoms. The predicted octanol–water partition coefficient (Wildman–Crippen LogP) is 4.71. The average molecular weight is 407 g/mol. The van der Waals surface area contributed by atoms with Crippen molar-refractivity contribution >= 4 is 39.9 Å². The van der Waals surface area contributed by atoms with Gasteiger partial charge >= 0.3 is 0 Å². The highest BCUT2D eigenvalue weighted by Gasteiger charge is 2.20. The Labute approximate surface area is 173 Å². The summed E-state index contributed by atoms with van der Waals surface area (Å²) in [7, 11) is 0. The second kappa shape index (κ2) is 8.13. The van der Waals surface area contributed by atoms with E-state index in [4.69, 9.17) is 4.74 Å². The van der Waals surface area contributed by atoms with E-state index in [0.717, 1.165) is 22.1 Å². The largest absolute Gasteiger partial charge is 0.492 e. The van der Waals surface area contributed by atoms with Gasteiger partial charge < -0.3 is 10.1 Å². The van der Waals surface area contributed by atoms with Crippen LogP contribution in [0.3, 0.4) is 0 Å². The van der Waals surface area contributed by atoms with E-state index in [1.165, 1.54) is 11.8 Å². The van der Waals surface area contributed by atoms with Gasteiger partial charge in [-0.2, -0.15) is 0 Å². The number of hydrogen-bond donors (Lipinski definition) is 1. The van der Waals surface area contributed by atoms with E-state index in [1.807, 2.05) is 66.8 Å². The topological polar surface area (TPSA) is 68.5 Å². The Balaban J connectivity index is 1.60. The van der Waals surface area contributed by atoms with Crippen LogP contribution < -0.4 is 10.1 Å². The van der Waals surface area contributed by atoms with Crippen LogP contribution in [0.2, 0.25) is 0 Å². The number of nitrogens with one attached hydrogen (secondary N) is 1. The van der Waals surface area contributed by atoms with Crippen molar-refractivity contribution in [3.8, 4) is 5.75 Å². The number of carbonyl (C=O) groups is 1. The van der Waals surface area contributed by atoms with Gasteiger partial charge in [-0.15, -0.1) is 10.2 Å². The number of aromatic nitrogens is 3. The zero-order valence-corrected chi connectivity index (χ0v) is 17.4. The third-order valence-corrected chi connectivity index (χ3v) is 5.71. The predicted molar refractivity (Wildman–Crippen MR) is 117 cm³/mol. The maximum atomic E-state index is 12.8. The normalized spacial score (nSPS) is 12.2. The van der Waals surface area contributed by atoms with Gasteiger partial charge in [0.1, 0.15) is 5.75 Å². The second-order valence-corrected chi connectivity index (χ2v) is 8.01. The van der Waals surface area contributed by atoms with Crippen molar-refractivity contribution in [1.29, 1.82) is 0 Å². The molecule has 0 aliphatic rings. The van der Waals surface area contributed by atoms with Gasteiger partial charge in [0.25, 0.3) is 0 Å². The van der Waals surface area contributed by atoms with Crippen molar-refractivity contribution < 1.29 is 9.53 Å². The Morgan fingerprint density at radius 2 is 1.93 bits per heavy atom. The van der Waals surface area contributed by atoms with Crippen LogP contribution in [0.1, 0.15) is 19.4 Å². The van der Waals surface area contributed by atoms with Gasteiger partial charge in [0.05, 0.1) is 23.1 Å². The fourth-order valence-electron chi connectivity index (χ4n) is 3.25. The minimum Gasteiger partial charge on any atom is -0.492 e. The van der Waals surface area contributed by atoms with Crippen molar-refractivity contribution in [3.63, 3.8) is 0 Å². The number of para-hydroxylation sites is 3. The lowest BCUT2D eigenvalue weighted by molar-refractivity contribution is -0.115. The molecule has 4 aromatic rings. The molecule has 2 aromatic heterocycles. The van der Waals surface area contributed by atoms with Gasteiger partial charge in [-0.1, -0.05) is 42.1 Å². The Bertz CT molecular complexity index is 1190. The lowest BCUT2D eigenvalue weighted by Gasteiger charge is -2.14.